The Morgan fingerprint density at radius 2 is 1.92 bits per heavy atom. The van der Waals surface area contributed by atoms with E-state index in [0.29, 0.717) is 17.9 Å². The molecule has 2 aliphatic heterocycles. The monoisotopic (exact) mass is 343 g/mol. The minimum absolute atomic E-state index is 0.0205. The summed E-state index contributed by atoms with van der Waals surface area (Å²) < 4.78 is 0. The van der Waals surface area contributed by atoms with E-state index in [9.17, 15) is 14.4 Å². The van der Waals surface area contributed by atoms with Crippen molar-refractivity contribution in [2.45, 2.75) is 38.5 Å². The molecule has 3 fully saturated rings. The fourth-order valence-corrected chi connectivity index (χ4v) is 4.20. The van der Waals surface area contributed by atoms with Gasteiger partial charge in [-0.2, -0.15) is 0 Å². The first kappa shape index (κ1) is 16.4. The van der Waals surface area contributed by atoms with E-state index in [2.05, 4.69) is 9.88 Å². The quantitative estimate of drug-likeness (QED) is 0.906. The molecule has 0 aromatic carbocycles. The van der Waals surface area contributed by atoms with Crippen LogP contribution in [0.4, 0.5) is 0 Å². The molecule has 3 heterocycles. The highest BCUT2D eigenvalue weighted by Gasteiger charge is 2.42. The summed E-state index contributed by atoms with van der Waals surface area (Å²) in [6.45, 7) is 3.25. The van der Waals surface area contributed by atoms with Crippen LogP contribution in [-0.4, -0.2) is 52.8 Å². The van der Waals surface area contributed by atoms with E-state index < -0.39 is 0 Å². The molecule has 4 rings (SSSR count). The van der Waals surface area contributed by atoms with Gasteiger partial charge in [-0.25, -0.2) is 0 Å². The molecule has 25 heavy (non-hydrogen) atoms. The first-order valence-electron chi connectivity index (χ1n) is 9.31. The van der Waals surface area contributed by atoms with Crippen LogP contribution in [0.2, 0.25) is 0 Å². The van der Waals surface area contributed by atoms with E-state index in [1.54, 1.807) is 6.07 Å². The van der Waals surface area contributed by atoms with E-state index >= 15 is 0 Å². The van der Waals surface area contributed by atoms with E-state index in [0.717, 1.165) is 51.4 Å². The van der Waals surface area contributed by atoms with E-state index in [-0.39, 0.29) is 16.9 Å². The van der Waals surface area contributed by atoms with Gasteiger partial charge >= 0.3 is 0 Å². The summed E-state index contributed by atoms with van der Waals surface area (Å²) in [5.74, 6) is 1.01. The van der Waals surface area contributed by atoms with Crippen molar-refractivity contribution in [1.29, 1.82) is 0 Å². The van der Waals surface area contributed by atoms with Gasteiger partial charge in [0.05, 0.1) is 5.56 Å². The number of rotatable bonds is 3. The lowest BCUT2D eigenvalue weighted by Crippen LogP contribution is -2.52. The van der Waals surface area contributed by atoms with Crippen LogP contribution >= 0.6 is 0 Å². The van der Waals surface area contributed by atoms with Gasteiger partial charge in [-0.15, -0.1) is 0 Å². The van der Waals surface area contributed by atoms with Gasteiger partial charge in [-0.1, -0.05) is 0 Å². The van der Waals surface area contributed by atoms with E-state index in [1.807, 2.05) is 4.90 Å². The van der Waals surface area contributed by atoms with Crippen molar-refractivity contribution in [2.24, 2.45) is 11.3 Å². The molecule has 1 aromatic rings. The maximum Gasteiger partial charge on any atom is 0.255 e. The molecule has 0 radical (unpaired) electrons. The van der Waals surface area contributed by atoms with Crippen molar-refractivity contribution in [3.63, 3.8) is 0 Å². The van der Waals surface area contributed by atoms with Gasteiger partial charge in [-0.05, 0) is 49.5 Å². The van der Waals surface area contributed by atoms with Gasteiger partial charge in [0.2, 0.25) is 11.5 Å². The van der Waals surface area contributed by atoms with Crippen LogP contribution in [-0.2, 0) is 4.79 Å². The number of aromatic nitrogens is 1. The molecule has 3 aliphatic rings. The number of carbonyl (C=O) groups is 2. The number of pyridine rings is 1. The standard InChI is InChI=1S/C19H25N3O3/c23-16-4-3-15(11-20-16)18(25)21-9-7-19(8-10-21)6-5-17(24)22(13-19)12-14-1-2-14/h3-4,11,14H,1-2,5-10,12-13H2,(H,20,23). The topological polar surface area (TPSA) is 73.5 Å². The summed E-state index contributed by atoms with van der Waals surface area (Å²) in [5.41, 5.74) is 0.520. The van der Waals surface area contributed by atoms with Gasteiger partial charge in [0, 0.05) is 44.9 Å². The Labute approximate surface area is 147 Å². The fourth-order valence-electron chi connectivity index (χ4n) is 4.20. The lowest BCUT2D eigenvalue weighted by atomic mass is 9.72. The average molecular weight is 343 g/mol. The van der Waals surface area contributed by atoms with Crippen molar-refractivity contribution >= 4 is 11.8 Å². The summed E-state index contributed by atoms with van der Waals surface area (Å²) >= 11 is 0. The minimum Gasteiger partial charge on any atom is -0.342 e. The Kier molecular flexibility index (Phi) is 4.13. The van der Waals surface area contributed by atoms with Gasteiger partial charge in [-0.3, -0.25) is 14.4 Å². The Balaban J connectivity index is 1.38. The normalized spacial score (nSPS) is 23.1. The second kappa shape index (κ2) is 6.32. The highest BCUT2D eigenvalue weighted by Crippen LogP contribution is 2.41. The molecule has 1 saturated carbocycles. The number of piperidine rings is 2. The molecule has 1 aliphatic carbocycles. The van der Waals surface area contributed by atoms with Gasteiger partial charge in [0.1, 0.15) is 0 Å². The van der Waals surface area contributed by atoms with Crippen molar-refractivity contribution in [2.75, 3.05) is 26.2 Å². The van der Waals surface area contributed by atoms with Crippen LogP contribution in [0, 0.1) is 11.3 Å². The summed E-state index contributed by atoms with van der Waals surface area (Å²) in [6.07, 6.45) is 7.53. The lowest BCUT2D eigenvalue weighted by molar-refractivity contribution is -0.139. The molecule has 0 unspecified atom stereocenters. The van der Waals surface area contributed by atoms with Crippen molar-refractivity contribution in [1.82, 2.24) is 14.8 Å². The fraction of sp³-hybridized carbons (Fsp3) is 0.632. The largest absolute Gasteiger partial charge is 0.342 e. The number of aromatic amines is 1. The molecule has 134 valence electrons. The van der Waals surface area contributed by atoms with E-state index in [1.165, 1.54) is 25.1 Å². The second-order valence-corrected chi connectivity index (χ2v) is 7.95. The number of hydrogen-bond donors (Lipinski definition) is 1. The summed E-state index contributed by atoms with van der Waals surface area (Å²) in [7, 11) is 0. The maximum absolute atomic E-state index is 12.6. The Morgan fingerprint density at radius 1 is 1.16 bits per heavy atom. The zero-order valence-electron chi connectivity index (χ0n) is 14.5. The Morgan fingerprint density at radius 3 is 2.56 bits per heavy atom. The van der Waals surface area contributed by atoms with Gasteiger partial charge in [0.15, 0.2) is 0 Å². The molecule has 6 nitrogen and oxygen atoms in total. The molecular weight excluding hydrogens is 318 g/mol. The Bertz CT molecular complexity index is 709. The van der Waals surface area contributed by atoms with Crippen molar-refractivity contribution in [3.8, 4) is 0 Å². The summed E-state index contributed by atoms with van der Waals surface area (Å²) in [5, 5.41) is 0. The minimum atomic E-state index is -0.197. The third-order valence-corrected chi connectivity index (χ3v) is 6.07. The number of H-pyrrole nitrogens is 1. The predicted molar refractivity (Wildman–Crippen MR) is 93.2 cm³/mol. The highest BCUT2D eigenvalue weighted by molar-refractivity contribution is 5.93. The van der Waals surface area contributed by atoms with Gasteiger partial charge in [0.25, 0.3) is 5.91 Å². The molecule has 2 amide bonds. The zero-order valence-corrected chi connectivity index (χ0v) is 14.5. The Hall–Kier alpha value is -2.11. The molecule has 0 bridgehead atoms. The summed E-state index contributed by atoms with van der Waals surface area (Å²) in [6, 6.07) is 2.98. The molecule has 1 spiro atoms. The molecule has 1 N–H and O–H groups in total. The van der Waals surface area contributed by atoms with E-state index in [4.69, 9.17) is 0 Å². The van der Waals surface area contributed by atoms with Crippen LogP contribution in [0.5, 0.6) is 0 Å². The van der Waals surface area contributed by atoms with Crippen LogP contribution in [0.25, 0.3) is 0 Å². The van der Waals surface area contributed by atoms with Crippen LogP contribution in [0.15, 0.2) is 23.1 Å². The average Bonchev–Trinajstić information content (AvgIpc) is 3.43. The first-order chi connectivity index (χ1) is 12.0. The molecule has 1 aromatic heterocycles. The van der Waals surface area contributed by atoms with Crippen LogP contribution in [0.3, 0.4) is 0 Å². The van der Waals surface area contributed by atoms with Crippen LogP contribution in [0.1, 0.15) is 48.9 Å². The second-order valence-electron chi connectivity index (χ2n) is 7.95. The number of carbonyl (C=O) groups excluding carboxylic acids is 2. The lowest BCUT2D eigenvalue weighted by Gasteiger charge is -2.47. The molecular formula is C19H25N3O3. The zero-order chi connectivity index (χ0) is 17.4. The molecule has 0 atom stereocenters. The first-order valence-corrected chi connectivity index (χ1v) is 9.31. The third kappa shape index (κ3) is 3.48. The van der Waals surface area contributed by atoms with Crippen molar-refractivity contribution in [3.05, 3.63) is 34.2 Å². The number of nitrogens with one attached hydrogen (secondary N) is 1. The number of likely N-dealkylation sites (tertiary alicyclic amines) is 2. The number of amides is 2. The third-order valence-electron chi connectivity index (χ3n) is 6.07. The van der Waals surface area contributed by atoms with Crippen molar-refractivity contribution < 1.29 is 9.59 Å². The number of nitrogens with zero attached hydrogens (tertiary/aromatic N) is 2. The maximum atomic E-state index is 12.6. The van der Waals surface area contributed by atoms with Gasteiger partial charge < -0.3 is 14.8 Å². The highest BCUT2D eigenvalue weighted by atomic mass is 16.2. The predicted octanol–water partition coefficient (Wildman–Crippen LogP) is 1.63. The summed E-state index contributed by atoms with van der Waals surface area (Å²) in [4.78, 5) is 42.5. The number of hydrogen-bond acceptors (Lipinski definition) is 3. The van der Waals surface area contributed by atoms with Crippen LogP contribution < -0.4 is 5.56 Å². The smallest absolute Gasteiger partial charge is 0.255 e. The molecule has 6 heteroatoms. The molecule has 2 saturated heterocycles. The SMILES string of the molecule is O=C1CCC2(CCN(C(=O)c3ccc(=O)[nH]c3)CC2)CN1CC1CC1.